The van der Waals surface area contributed by atoms with Crippen LogP contribution in [0.2, 0.25) is 0 Å². The van der Waals surface area contributed by atoms with Gasteiger partial charge in [-0.2, -0.15) is 0 Å². The van der Waals surface area contributed by atoms with Crippen molar-refractivity contribution in [2.24, 2.45) is 0 Å². The van der Waals surface area contributed by atoms with Crippen LogP contribution in [0.15, 0.2) is 29.8 Å². The van der Waals surface area contributed by atoms with Gasteiger partial charge >= 0.3 is 11.7 Å². The molecular weight excluding hydrogens is 282 g/mol. The molecule has 20 heavy (non-hydrogen) atoms. The van der Waals surface area contributed by atoms with E-state index in [1.54, 1.807) is 11.3 Å². The third-order valence-electron chi connectivity index (χ3n) is 2.57. The maximum Gasteiger partial charge on any atom is 0.342 e. The molecule has 0 amide bonds. The number of pyridine rings is 1. The number of rotatable bonds is 6. The fraction of sp³-hybridized carbons (Fsp3) is 0.167. The molecule has 0 saturated heterocycles. The van der Waals surface area contributed by atoms with E-state index < -0.39 is 16.6 Å². The zero-order valence-electron chi connectivity index (χ0n) is 10.3. The Balaban J connectivity index is 2.07. The van der Waals surface area contributed by atoms with E-state index >= 15 is 0 Å². The van der Waals surface area contributed by atoms with E-state index in [2.05, 4.69) is 10.3 Å². The van der Waals surface area contributed by atoms with Crippen molar-refractivity contribution < 1.29 is 14.8 Å². The Morgan fingerprint density at radius 1 is 1.55 bits per heavy atom. The molecule has 104 valence electrons. The van der Waals surface area contributed by atoms with Crippen LogP contribution in [0.1, 0.15) is 15.2 Å². The molecule has 0 bridgehead atoms. The summed E-state index contributed by atoms with van der Waals surface area (Å²) in [7, 11) is 0. The van der Waals surface area contributed by atoms with E-state index in [9.17, 15) is 14.9 Å². The Morgan fingerprint density at radius 3 is 2.95 bits per heavy atom. The quantitative estimate of drug-likeness (QED) is 0.626. The van der Waals surface area contributed by atoms with Gasteiger partial charge < -0.3 is 10.4 Å². The summed E-state index contributed by atoms with van der Waals surface area (Å²) in [4.78, 5) is 26.0. The number of carboxylic acids is 1. The van der Waals surface area contributed by atoms with Gasteiger partial charge in [0, 0.05) is 17.5 Å². The minimum Gasteiger partial charge on any atom is -0.477 e. The lowest BCUT2D eigenvalue weighted by atomic mass is 10.2. The number of aromatic nitrogens is 1. The minimum atomic E-state index is -1.35. The van der Waals surface area contributed by atoms with Crippen LogP contribution in [0, 0.1) is 10.1 Å². The Hall–Kier alpha value is -2.48. The van der Waals surface area contributed by atoms with Crippen molar-refractivity contribution in [3.05, 3.63) is 50.3 Å². The fourth-order valence-corrected chi connectivity index (χ4v) is 2.34. The normalized spacial score (nSPS) is 10.2. The van der Waals surface area contributed by atoms with Gasteiger partial charge in [0.1, 0.15) is 17.6 Å². The van der Waals surface area contributed by atoms with Crippen LogP contribution in [0.3, 0.4) is 0 Å². The molecule has 0 aliphatic heterocycles. The molecule has 2 aromatic rings. The molecule has 8 heteroatoms. The predicted molar refractivity (Wildman–Crippen MR) is 74.4 cm³/mol. The first-order valence-electron chi connectivity index (χ1n) is 5.72. The smallest absolute Gasteiger partial charge is 0.342 e. The molecule has 2 aromatic heterocycles. The van der Waals surface area contributed by atoms with E-state index in [-0.39, 0.29) is 5.56 Å². The molecule has 0 spiro atoms. The zero-order valence-corrected chi connectivity index (χ0v) is 11.1. The average Bonchev–Trinajstić information content (AvgIpc) is 2.91. The number of aromatic carboxylic acids is 1. The molecule has 0 unspecified atom stereocenters. The lowest BCUT2D eigenvalue weighted by Crippen LogP contribution is -2.09. The van der Waals surface area contributed by atoms with Gasteiger partial charge in [0.2, 0.25) is 0 Å². The van der Waals surface area contributed by atoms with Gasteiger partial charge in [-0.05, 0) is 17.9 Å². The highest BCUT2D eigenvalue weighted by molar-refractivity contribution is 7.09. The van der Waals surface area contributed by atoms with Crippen molar-refractivity contribution in [3.63, 3.8) is 0 Å². The molecule has 7 nitrogen and oxygen atoms in total. The first kappa shape index (κ1) is 13.9. The van der Waals surface area contributed by atoms with Gasteiger partial charge in [-0.15, -0.1) is 11.3 Å². The predicted octanol–water partition coefficient (Wildman–Crippen LogP) is 2.40. The molecule has 0 aliphatic carbocycles. The van der Waals surface area contributed by atoms with Gasteiger partial charge in [0.05, 0.1) is 4.92 Å². The fourth-order valence-electron chi connectivity index (χ4n) is 1.63. The number of carbonyl (C=O) groups is 1. The molecule has 0 atom stereocenters. The van der Waals surface area contributed by atoms with Crippen molar-refractivity contribution in [2.75, 3.05) is 11.9 Å². The number of carboxylic acid groups (broad SMARTS) is 1. The monoisotopic (exact) mass is 293 g/mol. The first-order chi connectivity index (χ1) is 9.58. The van der Waals surface area contributed by atoms with Crippen LogP contribution in [0.25, 0.3) is 0 Å². The Kier molecular flexibility index (Phi) is 4.26. The van der Waals surface area contributed by atoms with E-state index in [4.69, 9.17) is 5.11 Å². The van der Waals surface area contributed by atoms with Crippen LogP contribution in [0.5, 0.6) is 0 Å². The summed E-state index contributed by atoms with van der Waals surface area (Å²) >= 11 is 1.63. The van der Waals surface area contributed by atoms with E-state index in [1.807, 2.05) is 17.5 Å². The summed E-state index contributed by atoms with van der Waals surface area (Å²) in [5.41, 5.74) is -0.884. The topological polar surface area (TPSA) is 105 Å². The van der Waals surface area contributed by atoms with Gasteiger partial charge in [-0.3, -0.25) is 10.1 Å². The number of nitrogens with one attached hydrogen (secondary N) is 1. The molecule has 0 fully saturated rings. The molecule has 2 heterocycles. The standard InChI is InChI=1S/C12H11N3O4S/c16-12(17)9-6-11(14-7-10(9)15(18)19)13-4-3-8-2-1-5-20-8/h1-2,5-7H,3-4H2,(H,13,14)(H,16,17). The highest BCUT2D eigenvalue weighted by Gasteiger charge is 2.20. The van der Waals surface area contributed by atoms with Gasteiger partial charge in [-0.25, -0.2) is 9.78 Å². The van der Waals surface area contributed by atoms with Gasteiger partial charge in [0.25, 0.3) is 0 Å². The number of nitro groups is 1. The molecule has 0 aliphatic rings. The highest BCUT2D eigenvalue weighted by Crippen LogP contribution is 2.20. The third kappa shape index (κ3) is 3.29. The highest BCUT2D eigenvalue weighted by atomic mass is 32.1. The largest absolute Gasteiger partial charge is 0.477 e. The molecule has 0 radical (unpaired) electrons. The lowest BCUT2D eigenvalue weighted by Gasteiger charge is -2.05. The summed E-state index contributed by atoms with van der Waals surface area (Å²) in [5, 5.41) is 24.6. The van der Waals surface area contributed by atoms with Crippen molar-refractivity contribution in [1.82, 2.24) is 4.98 Å². The number of nitrogens with zero attached hydrogens (tertiary/aromatic N) is 2. The van der Waals surface area contributed by atoms with Crippen molar-refractivity contribution in [1.29, 1.82) is 0 Å². The van der Waals surface area contributed by atoms with Gasteiger partial charge in [-0.1, -0.05) is 6.07 Å². The van der Waals surface area contributed by atoms with Crippen molar-refractivity contribution in [2.45, 2.75) is 6.42 Å². The summed E-state index contributed by atoms with van der Waals surface area (Å²) in [6, 6.07) is 5.12. The lowest BCUT2D eigenvalue weighted by molar-refractivity contribution is -0.385. The number of thiophene rings is 1. The maximum atomic E-state index is 11.0. The second kappa shape index (κ2) is 6.11. The SMILES string of the molecule is O=C(O)c1cc(NCCc2cccs2)ncc1[N+](=O)[O-]. The number of anilines is 1. The van der Waals surface area contributed by atoms with Crippen LogP contribution < -0.4 is 5.32 Å². The Labute approximate surface area is 118 Å². The second-order valence-corrected chi connectivity index (χ2v) is 4.94. The molecule has 0 aromatic carbocycles. The number of hydrogen-bond acceptors (Lipinski definition) is 6. The van der Waals surface area contributed by atoms with E-state index in [1.165, 1.54) is 10.9 Å². The zero-order chi connectivity index (χ0) is 14.5. The molecule has 2 N–H and O–H groups in total. The third-order valence-corrected chi connectivity index (χ3v) is 3.50. The van der Waals surface area contributed by atoms with Gasteiger partial charge in [0.15, 0.2) is 0 Å². The van der Waals surface area contributed by atoms with E-state index in [0.29, 0.717) is 12.4 Å². The molecular formula is C12H11N3O4S. The molecule has 0 saturated carbocycles. The minimum absolute atomic E-state index is 0.310. The molecule has 2 rings (SSSR count). The van der Waals surface area contributed by atoms with Crippen molar-refractivity contribution >= 4 is 28.8 Å². The van der Waals surface area contributed by atoms with Crippen LogP contribution in [0.4, 0.5) is 11.5 Å². The first-order valence-corrected chi connectivity index (χ1v) is 6.60. The Morgan fingerprint density at radius 2 is 2.35 bits per heavy atom. The van der Waals surface area contributed by atoms with Crippen LogP contribution in [-0.4, -0.2) is 27.5 Å². The van der Waals surface area contributed by atoms with Crippen LogP contribution in [-0.2, 0) is 6.42 Å². The summed E-state index contributed by atoms with van der Waals surface area (Å²) < 4.78 is 0. The van der Waals surface area contributed by atoms with E-state index in [0.717, 1.165) is 12.6 Å². The van der Waals surface area contributed by atoms with Crippen LogP contribution >= 0.6 is 11.3 Å². The van der Waals surface area contributed by atoms with Crippen molar-refractivity contribution in [3.8, 4) is 0 Å². The second-order valence-electron chi connectivity index (χ2n) is 3.91. The summed E-state index contributed by atoms with van der Waals surface area (Å²) in [5.74, 6) is -1.04. The summed E-state index contributed by atoms with van der Waals surface area (Å²) in [6.07, 6.45) is 1.73. The average molecular weight is 293 g/mol. The summed E-state index contributed by atoms with van der Waals surface area (Å²) in [6.45, 7) is 0.574. The number of hydrogen-bond donors (Lipinski definition) is 2. The Bertz CT molecular complexity index is 628. The maximum absolute atomic E-state index is 11.0.